The van der Waals surface area contributed by atoms with Crippen molar-refractivity contribution in [3.05, 3.63) is 23.8 Å². The summed E-state index contributed by atoms with van der Waals surface area (Å²) >= 11 is 0. The van der Waals surface area contributed by atoms with E-state index in [2.05, 4.69) is 11.8 Å². The Morgan fingerprint density at radius 1 is 1.53 bits per heavy atom. The van der Waals surface area contributed by atoms with Gasteiger partial charge in [0.25, 0.3) is 0 Å². The summed E-state index contributed by atoms with van der Waals surface area (Å²) in [4.78, 5) is 2.36. The Labute approximate surface area is 102 Å². The number of ether oxygens (including phenoxy) is 1. The van der Waals surface area contributed by atoms with Gasteiger partial charge in [0.1, 0.15) is 5.75 Å². The maximum atomic E-state index is 9.38. The molecule has 1 heterocycles. The quantitative estimate of drug-likeness (QED) is 0.604. The topological polar surface area (TPSA) is 58.7 Å². The average Bonchev–Trinajstić information content (AvgIpc) is 2.48. The Bertz CT molecular complexity index is 382. The molecule has 1 aromatic rings. The summed E-state index contributed by atoms with van der Waals surface area (Å²) in [6, 6.07) is 5.41. The van der Waals surface area contributed by atoms with Crippen LogP contribution in [0.3, 0.4) is 0 Å². The standard InChI is InChI=1S/C13H20N2O2/c1-10-8-15(5-2-6-17-10)9-11-3-4-13(16)12(14)7-11/h3-4,7,10,16H,2,5-6,8-9,14H2,1H3. The predicted molar refractivity (Wildman–Crippen MR) is 67.8 cm³/mol. The molecule has 4 nitrogen and oxygen atoms in total. The summed E-state index contributed by atoms with van der Waals surface area (Å²) in [5.41, 5.74) is 7.27. The second-order valence-electron chi connectivity index (χ2n) is 4.66. The summed E-state index contributed by atoms with van der Waals surface area (Å²) < 4.78 is 5.61. The molecule has 4 heteroatoms. The lowest BCUT2D eigenvalue weighted by Crippen LogP contribution is -2.29. The first-order chi connectivity index (χ1) is 8.15. The fourth-order valence-electron chi connectivity index (χ4n) is 2.18. The van der Waals surface area contributed by atoms with Crippen LogP contribution in [0.15, 0.2) is 18.2 Å². The lowest BCUT2D eigenvalue weighted by molar-refractivity contribution is 0.0668. The average molecular weight is 236 g/mol. The molecule has 1 fully saturated rings. The minimum Gasteiger partial charge on any atom is -0.506 e. The van der Waals surface area contributed by atoms with Crippen molar-refractivity contribution in [1.82, 2.24) is 4.90 Å². The fraction of sp³-hybridized carbons (Fsp3) is 0.538. The number of phenols is 1. The monoisotopic (exact) mass is 236 g/mol. The van der Waals surface area contributed by atoms with E-state index in [0.717, 1.165) is 38.2 Å². The second kappa shape index (κ2) is 5.38. The molecule has 1 aliphatic rings. The van der Waals surface area contributed by atoms with E-state index >= 15 is 0 Å². The van der Waals surface area contributed by atoms with Crippen LogP contribution < -0.4 is 5.73 Å². The number of aromatic hydroxyl groups is 1. The zero-order valence-electron chi connectivity index (χ0n) is 10.2. The van der Waals surface area contributed by atoms with Gasteiger partial charge in [0, 0.05) is 26.2 Å². The molecule has 17 heavy (non-hydrogen) atoms. The van der Waals surface area contributed by atoms with E-state index in [4.69, 9.17) is 10.5 Å². The zero-order chi connectivity index (χ0) is 12.3. The van der Waals surface area contributed by atoms with Crippen molar-refractivity contribution in [3.8, 4) is 5.75 Å². The van der Waals surface area contributed by atoms with Crippen molar-refractivity contribution < 1.29 is 9.84 Å². The van der Waals surface area contributed by atoms with Crippen LogP contribution >= 0.6 is 0 Å². The molecule has 1 aliphatic heterocycles. The van der Waals surface area contributed by atoms with Crippen molar-refractivity contribution in [1.29, 1.82) is 0 Å². The zero-order valence-corrected chi connectivity index (χ0v) is 10.2. The molecular formula is C13H20N2O2. The summed E-state index contributed by atoms with van der Waals surface area (Å²) in [5, 5.41) is 9.38. The van der Waals surface area contributed by atoms with Crippen molar-refractivity contribution in [2.45, 2.75) is 26.0 Å². The number of nitrogens with two attached hydrogens (primary N) is 1. The first-order valence-electron chi connectivity index (χ1n) is 6.06. The van der Waals surface area contributed by atoms with Gasteiger partial charge in [-0.05, 0) is 31.0 Å². The molecular weight excluding hydrogens is 216 g/mol. The van der Waals surface area contributed by atoms with E-state index in [1.807, 2.05) is 12.1 Å². The first kappa shape index (κ1) is 12.2. The van der Waals surface area contributed by atoms with Gasteiger partial charge < -0.3 is 15.6 Å². The number of hydrogen-bond donors (Lipinski definition) is 2. The Morgan fingerprint density at radius 3 is 3.12 bits per heavy atom. The molecule has 0 spiro atoms. The van der Waals surface area contributed by atoms with Crippen LogP contribution in [-0.2, 0) is 11.3 Å². The van der Waals surface area contributed by atoms with Gasteiger partial charge in [0.05, 0.1) is 11.8 Å². The normalized spacial score (nSPS) is 22.3. The van der Waals surface area contributed by atoms with Crippen molar-refractivity contribution in [2.75, 3.05) is 25.4 Å². The molecule has 2 rings (SSSR count). The fourth-order valence-corrected chi connectivity index (χ4v) is 2.18. The van der Waals surface area contributed by atoms with E-state index in [1.54, 1.807) is 6.07 Å². The van der Waals surface area contributed by atoms with Gasteiger partial charge in [0.2, 0.25) is 0 Å². The van der Waals surface area contributed by atoms with Crippen LogP contribution in [0.1, 0.15) is 18.9 Å². The van der Waals surface area contributed by atoms with Gasteiger partial charge in [-0.1, -0.05) is 6.07 Å². The number of phenolic OH excluding ortho intramolecular Hbond substituents is 1. The molecule has 0 saturated carbocycles. The summed E-state index contributed by atoms with van der Waals surface area (Å²) in [7, 11) is 0. The smallest absolute Gasteiger partial charge is 0.138 e. The number of anilines is 1. The molecule has 0 aliphatic carbocycles. The molecule has 0 amide bonds. The van der Waals surface area contributed by atoms with Crippen molar-refractivity contribution in [2.24, 2.45) is 0 Å². The van der Waals surface area contributed by atoms with Crippen LogP contribution in [-0.4, -0.2) is 35.8 Å². The molecule has 0 radical (unpaired) electrons. The van der Waals surface area contributed by atoms with Crippen LogP contribution in [0.2, 0.25) is 0 Å². The molecule has 0 aromatic heterocycles. The molecule has 1 unspecified atom stereocenters. The molecule has 1 saturated heterocycles. The van der Waals surface area contributed by atoms with E-state index in [9.17, 15) is 5.11 Å². The van der Waals surface area contributed by atoms with Gasteiger partial charge in [-0.15, -0.1) is 0 Å². The molecule has 1 aromatic carbocycles. The van der Waals surface area contributed by atoms with Gasteiger partial charge in [-0.2, -0.15) is 0 Å². The first-order valence-corrected chi connectivity index (χ1v) is 6.06. The van der Waals surface area contributed by atoms with Gasteiger partial charge in [0.15, 0.2) is 0 Å². The largest absolute Gasteiger partial charge is 0.506 e. The highest BCUT2D eigenvalue weighted by atomic mass is 16.5. The van der Waals surface area contributed by atoms with Gasteiger partial charge in [-0.25, -0.2) is 0 Å². The van der Waals surface area contributed by atoms with Gasteiger partial charge in [-0.3, -0.25) is 4.90 Å². The van der Waals surface area contributed by atoms with Crippen LogP contribution in [0.5, 0.6) is 5.75 Å². The van der Waals surface area contributed by atoms with E-state index in [1.165, 1.54) is 0 Å². The number of rotatable bonds is 2. The van der Waals surface area contributed by atoms with Crippen LogP contribution in [0.25, 0.3) is 0 Å². The third-order valence-corrected chi connectivity index (χ3v) is 3.03. The number of nitrogens with zero attached hydrogens (tertiary/aromatic N) is 1. The maximum absolute atomic E-state index is 9.38. The molecule has 0 bridgehead atoms. The summed E-state index contributed by atoms with van der Waals surface area (Å²) in [6.07, 6.45) is 1.35. The Morgan fingerprint density at radius 2 is 2.35 bits per heavy atom. The Kier molecular flexibility index (Phi) is 3.86. The van der Waals surface area contributed by atoms with E-state index < -0.39 is 0 Å². The highest BCUT2D eigenvalue weighted by molar-refractivity contribution is 5.53. The lowest BCUT2D eigenvalue weighted by atomic mass is 10.1. The van der Waals surface area contributed by atoms with Gasteiger partial charge >= 0.3 is 0 Å². The third-order valence-electron chi connectivity index (χ3n) is 3.03. The highest BCUT2D eigenvalue weighted by Crippen LogP contribution is 2.21. The minimum atomic E-state index is 0.154. The predicted octanol–water partition coefficient (Wildman–Crippen LogP) is 1.59. The number of hydrogen-bond acceptors (Lipinski definition) is 4. The summed E-state index contributed by atoms with van der Waals surface area (Å²) in [5.74, 6) is 0.154. The Hall–Kier alpha value is -1.26. The molecule has 1 atom stereocenters. The van der Waals surface area contributed by atoms with E-state index in [0.29, 0.717) is 5.69 Å². The van der Waals surface area contributed by atoms with Crippen molar-refractivity contribution >= 4 is 5.69 Å². The van der Waals surface area contributed by atoms with Crippen LogP contribution in [0, 0.1) is 0 Å². The minimum absolute atomic E-state index is 0.154. The number of nitrogen functional groups attached to an aromatic ring is 1. The molecule has 94 valence electrons. The van der Waals surface area contributed by atoms with Crippen molar-refractivity contribution in [3.63, 3.8) is 0 Å². The van der Waals surface area contributed by atoms with E-state index in [-0.39, 0.29) is 11.9 Å². The highest BCUT2D eigenvalue weighted by Gasteiger charge is 2.15. The Balaban J connectivity index is 2.01. The lowest BCUT2D eigenvalue weighted by Gasteiger charge is -2.21. The maximum Gasteiger partial charge on any atom is 0.138 e. The summed E-state index contributed by atoms with van der Waals surface area (Å²) in [6.45, 7) is 5.79. The third kappa shape index (κ3) is 3.35. The van der Waals surface area contributed by atoms with Crippen LogP contribution in [0.4, 0.5) is 5.69 Å². The number of benzene rings is 1. The second-order valence-corrected chi connectivity index (χ2v) is 4.66. The SMILES string of the molecule is CC1CN(Cc2ccc(O)c(N)c2)CCCO1. The molecule has 3 N–H and O–H groups in total.